The molecule has 0 bridgehead atoms. The number of nitrogens with zero attached hydrogens (tertiary/aromatic N) is 2. The number of ether oxygens (including phenoxy) is 2. The first-order valence-corrected chi connectivity index (χ1v) is 13.0. The average molecular weight is 582 g/mol. The zero-order valence-electron chi connectivity index (χ0n) is 24.0. The van der Waals surface area contributed by atoms with Crippen molar-refractivity contribution in [1.82, 2.24) is 25.5 Å². The second-order valence-electron chi connectivity index (χ2n) is 11.4. The van der Waals surface area contributed by atoms with Gasteiger partial charge in [0.15, 0.2) is 11.5 Å². The van der Waals surface area contributed by atoms with Gasteiger partial charge in [-0.3, -0.25) is 23.9 Å². The monoisotopic (exact) mass is 581 g/mol. The number of hydrogen-bond acceptors (Lipinski definition) is 8. The van der Waals surface area contributed by atoms with Crippen molar-refractivity contribution in [3.8, 4) is 11.5 Å². The average Bonchev–Trinajstić information content (AvgIpc) is 2.91. The van der Waals surface area contributed by atoms with Crippen LogP contribution in [0.4, 0.5) is 9.18 Å². The van der Waals surface area contributed by atoms with Gasteiger partial charge < -0.3 is 30.5 Å². The standard InChI is InChI=1S/C29H32FN5O7/c1-28(2,3)42-27(40)33-14-29(4,5)34-24(37)18-13-35-21-20(22(36)19(26(35)39)25(38)31-6)32-12-16(23(21)41-18)11-15-7-9-17(30)10-8-15/h7-10,12-13,36H,11,14H2,1-6H3,(H,31,38)(H,33,40)(H,34,37). The molecule has 4 N–H and O–H groups in total. The smallest absolute Gasteiger partial charge is 0.407 e. The molecule has 4 rings (SSSR count). The molecule has 2 aromatic heterocycles. The van der Waals surface area contributed by atoms with E-state index >= 15 is 0 Å². The second-order valence-corrected chi connectivity index (χ2v) is 11.4. The van der Waals surface area contributed by atoms with Crippen LogP contribution in [0.3, 0.4) is 0 Å². The van der Waals surface area contributed by atoms with E-state index in [2.05, 4.69) is 20.9 Å². The number of aromatic hydroxyl groups is 1. The van der Waals surface area contributed by atoms with Crippen LogP contribution in [0.15, 0.2) is 41.0 Å². The Morgan fingerprint density at radius 2 is 1.76 bits per heavy atom. The summed E-state index contributed by atoms with van der Waals surface area (Å²) in [5, 5.41) is 18.5. The number of benzene rings is 1. The largest absolute Gasteiger partial charge is 0.505 e. The van der Waals surface area contributed by atoms with E-state index < -0.39 is 51.7 Å². The molecule has 3 amide bonds. The number of amides is 3. The predicted octanol–water partition coefficient (Wildman–Crippen LogP) is 2.80. The van der Waals surface area contributed by atoms with Crippen LogP contribution in [0.2, 0.25) is 0 Å². The maximum atomic E-state index is 13.5. The van der Waals surface area contributed by atoms with Gasteiger partial charge in [-0.1, -0.05) is 12.1 Å². The minimum absolute atomic E-state index is 0.00147. The number of carbonyl (C=O) groups is 3. The van der Waals surface area contributed by atoms with Gasteiger partial charge in [-0.25, -0.2) is 9.18 Å². The fraction of sp³-hybridized carbons (Fsp3) is 0.345. The van der Waals surface area contributed by atoms with E-state index in [-0.39, 0.29) is 35.5 Å². The van der Waals surface area contributed by atoms with Gasteiger partial charge in [-0.15, -0.1) is 0 Å². The summed E-state index contributed by atoms with van der Waals surface area (Å²) in [6, 6.07) is 5.72. The molecular weight excluding hydrogens is 549 g/mol. The molecule has 1 aliphatic rings. The van der Waals surface area contributed by atoms with Gasteiger partial charge in [0.2, 0.25) is 5.76 Å². The van der Waals surface area contributed by atoms with Gasteiger partial charge in [0.05, 0.1) is 11.7 Å². The molecule has 3 aromatic rings. The maximum absolute atomic E-state index is 13.5. The SMILES string of the molecule is CNC(=O)c1c(O)c2ncc(Cc3ccc(F)cc3)c3c2n(c1=O)C=C(C(=O)NC(C)(C)CNC(=O)OC(C)(C)C)O3. The Kier molecular flexibility index (Phi) is 7.97. The predicted molar refractivity (Wildman–Crippen MR) is 152 cm³/mol. The van der Waals surface area contributed by atoms with Crippen molar-refractivity contribution in [2.45, 2.75) is 52.2 Å². The molecule has 222 valence electrons. The van der Waals surface area contributed by atoms with Gasteiger partial charge in [0.1, 0.15) is 28.0 Å². The van der Waals surface area contributed by atoms with Gasteiger partial charge in [0.25, 0.3) is 17.4 Å². The molecule has 0 aliphatic carbocycles. The summed E-state index contributed by atoms with van der Waals surface area (Å²) in [4.78, 5) is 55.8. The van der Waals surface area contributed by atoms with E-state index in [0.717, 1.165) is 10.8 Å². The van der Waals surface area contributed by atoms with Crippen molar-refractivity contribution in [3.63, 3.8) is 0 Å². The van der Waals surface area contributed by atoms with Crippen LogP contribution in [0.1, 0.15) is 56.1 Å². The highest BCUT2D eigenvalue weighted by Crippen LogP contribution is 2.38. The summed E-state index contributed by atoms with van der Waals surface area (Å²) in [7, 11) is 1.30. The third-order valence-electron chi connectivity index (χ3n) is 6.18. The van der Waals surface area contributed by atoms with E-state index in [1.54, 1.807) is 46.8 Å². The van der Waals surface area contributed by atoms with Gasteiger partial charge in [-0.05, 0) is 52.3 Å². The lowest BCUT2D eigenvalue weighted by Gasteiger charge is -2.29. The Morgan fingerprint density at radius 1 is 1.10 bits per heavy atom. The van der Waals surface area contributed by atoms with Crippen LogP contribution in [-0.4, -0.2) is 57.3 Å². The zero-order chi connectivity index (χ0) is 31.0. The number of rotatable bonds is 7. The molecule has 12 nitrogen and oxygen atoms in total. The van der Waals surface area contributed by atoms with E-state index in [4.69, 9.17) is 9.47 Å². The quantitative estimate of drug-likeness (QED) is 0.331. The Balaban J connectivity index is 1.74. The summed E-state index contributed by atoms with van der Waals surface area (Å²) in [6.07, 6.45) is 2.02. The molecule has 3 heterocycles. The van der Waals surface area contributed by atoms with E-state index in [1.807, 2.05) is 0 Å². The molecule has 0 saturated heterocycles. The number of carbonyl (C=O) groups excluding carboxylic acids is 3. The number of hydrogen-bond donors (Lipinski definition) is 4. The van der Waals surface area contributed by atoms with E-state index in [0.29, 0.717) is 11.1 Å². The fourth-order valence-electron chi connectivity index (χ4n) is 4.25. The van der Waals surface area contributed by atoms with Gasteiger partial charge in [-0.2, -0.15) is 0 Å². The molecule has 0 unspecified atom stereocenters. The minimum atomic E-state index is -0.990. The normalized spacial score (nSPS) is 12.7. The maximum Gasteiger partial charge on any atom is 0.407 e. The summed E-state index contributed by atoms with van der Waals surface area (Å²) in [5.74, 6) is -2.87. The minimum Gasteiger partial charge on any atom is -0.505 e. The molecule has 1 aromatic carbocycles. The Bertz CT molecular complexity index is 1670. The van der Waals surface area contributed by atoms with Crippen molar-refractivity contribution < 1.29 is 33.4 Å². The van der Waals surface area contributed by atoms with Crippen LogP contribution in [0.25, 0.3) is 17.2 Å². The topological polar surface area (TPSA) is 161 Å². The van der Waals surface area contributed by atoms with Crippen LogP contribution < -0.4 is 26.2 Å². The molecule has 1 aliphatic heterocycles. The molecule has 42 heavy (non-hydrogen) atoms. The lowest BCUT2D eigenvalue weighted by molar-refractivity contribution is -0.121. The molecular formula is C29H32FN5O7. The molecule has 0 spiro atoms. The van der Waals surface area contributed by atoms with Crippen LogP contribution in [0, 0.1) is 5.82 Å². The second kappa shape index (κ2) is 11.1. The molecule has 13 heteroatoms. The number of pyridine rings is 2. The summed E-state index contributed by atoms with van der Waals surface area (Å²) >= 11 is 0. The highest BCUT2D eigenvalue weighted by molar-refractivity contribution is 6.04. The highest BCUT2D eigenvalue weighted by Gasteiger charge is 2.32. The third kappa shape index (κ3) is 6.35. The number of halogens is 1. The summed E-state index contributed by atoms with van der Waals surface area (Å²) in [6.45, 7) is 8.50. The van der Waals surface area contributed by atoms with Crippen LogP contribution in [0.5, 0.6) is 11.5 Å². The molecule has 0 saturated carbocycles. The Hall–Kier alpha value is -4.94. The number of alkyl carbamates (subject to hydrolysis) is 1. The lowest BCUT2D eigenvalue weighted by atomic mass is 10.0. The van der Waals surface area contributed by atoms with Crippen LogP contribution in [-0.2, 0) is 16.0 Å². The third-order valence-corrected chi connectivity index (χ3v) is 6.18. The van der Waals surface area contributed by atoms with E-state index in [9.17, 15) is 28.7 Å². The molecule has 0 radical (unpaired) electrons. The van der Waals surface area contributed by atoms with Crippen molar-refractivity contribution in [2.24, 2.45) is 0 Å². The lowest BCUT2D eigenvalue weighted by Crippen LogP contribution is -2.52. The van der Waals surface area contributed by atoms with Crippen LogP contribution >= 0.6 is 0 Å². The molecule has 0 atom stereocenters. The first kappa shape index (κ1) is 30.0. The van der Waals surface area contributed by atoms with Crippen molar-refractivity contribution in [3.05, 3.63) is 69.1 Å². The summed E-state index contributed by atoms with van der Waals surface area (Å²) in [5.41, 5.74) is -2.09. The van der Waals surface area contributed by atoms with Gasteiger partial charge >= 0.3 is 6.09 Å². The zero-order valence-corrected chi connectivity index (χ0v) is 24.0. The fourth-order valence-corrected chi connectivity index (χ4v) is 4.25. The number of aromatic nitrogens is 2. The molecule has 0 fully saturated rings. The highest BCUT2D eigenvalue weighted by atomic mass is 19.1. The first-order chi connectivity index (χ1) is 19.6. The van der Waals surface area contributed by atoms with E-state index in [1.165, 1.54) is 25.4 Å². The van der Waals surface area contributed by atoms with Crippen molar-refractivity contribution in [2.75, 3.05) is 13.6 Å². The van der Waals surface area contributed by atoms with Gasteiger partial charge in [0, 0.05) is 31.8 Å². The summed E-state index contributed by atoms with van der Waals surface area (Å²) < 4.78 is 25.8. The first-order valence-electron chi connectivity index (χ1n) is 13.0. The number of nitrogens with one attached hydrogen (secondary N) is 3. The Labute approximate surface area is 240 Å². The van der Waals surface area contributed by atoms with Crippen molar-refractivity contribution in [1.29, 1.82) is 0 Å². The Morgan fingerprint density at radius 3 is 2.38 bits per heavy atom. The van der Waals surface area contributed by atoms with Crippen molar-refractivity contribution >= 4 is 35.1 Å².